The van der Waals surface area contributed by atoms with Crippen LogP contribution < -0.4 is 10.9 Å². The molecule has 3 aromatic rings. The van der Waals surface area contributed by atoms with E-state index in [0.29, 0.717) is 27.4 Å². The van der Waals surface area contributed by atoms with E-state index in [9.17, 15) is 14.4 Å². The molecule has 0 atom stereocenters. The van der Waals surface area contributed by atoms with Crippen LogP contribution in [0.2, 0.25) is 5.02 Å². The lowest BCUT2D eigenvalue weighted by Gasteiger charge is -2.15. The van der Waals surface area contributed by atoms with Gasteiger partial charge in [0, 0.05) is 35.3 Å². The summed E-state index contributed by atoms with van der Waals surface area (Å²) in [5.41, 5.74) is 1.46. The second-order valence-electron chi connectivity index (χ2n) is 5.88. The zero-order valence-electron chi connectivity index (χ0n) is 14.5. The van der Waals surface area contributed by atoms with Crippen LogP contribution in [0.5, 0.6) is 0 Å². The lowest BCUT2D eigenvalue weighted by molar-refractivity contribution is -0.114. The predicted molar refractivity (Wildman–Crippen MR) is 103 cm³/mol. The summed E-state index contributed by atoms with van der Waals surface area (Å²) < 4.78 is 1.26. The Kier molecular flexibility index (Phi) is 5.47. The molecule has 0 radical (unpaired) electrons. The van der Waals surface area contributed by atoms with Gasteiger partial charge in [-0.25, -0.2) is 4.68 Å². The molecule has 0 saturated carbocycles. The highest BCUT2D eigenvalue weighted by atomic mass is 35.5. The molecule has 0 saturated heterocycles. The number of aromatic nitrogens is 2. The van der Waals surface area contributed by atoms with E-state index >= 15 is 0 Å². The van der Waals surface area contributed by atoms with E-state index in [-0.39, 0.29) is 23.8 Å². The molecule has 1 amide bonds. The molecule has 136 valence electrons. The second-order valence-corrected chi connectivity index (χ2v) is 6.31. The van der Waals surface area contributed by atoms with Crippen LogP contribution in [-0.2, 0) is 11.3 Å². The maximum absolute atomic E-state index is 13.0. The Balaban J connectivity index is 2.07. The Morgan fingerprint density at radius 2 is 1.81 bits per heavy atom. The maximum atomic E-state index is 13.0. The molecule has 1 heterocycles. The number of ketones is 1. The highest BCUT2D eigenvalue weighted by molar-refractivity contribution is 6.30. The molecule has 3 rings (SSSR count). The van der Waals surface area contributed by atoms with Crippen LogP contribution in [0.3, 0.4) is 0 Å². The lowest BCUT2D eigenvalue weighted by Crippen LogP contribution is -2.23. The van der Waals surface area contributed by atoms with Gasteiger partial charge in [0.2, 0.25) is 5.91 Å². The highest BCUT2D eigenvalue weighted by Crippen LogP contribution is 2.25. The first kappa shape index (κ1) is 18.5. The normalized spacial score (nSPS) is 10.4. The Bertz CT molecular complexity index is 1060. The van der Waals surface area contributed by atoms with E-state index in [2.05, 4.69) is 10.4 Å². The van der Waals surface area contributed by atoms with Crippen molar-refractivity contribution >= 4 is 29.0 Å². The number of hydrogen-bond donors (Lipinski definition) is 1. The van der Waals surface area contributed by atoms with E-state index in [0.717, 1.165) is 0 Å². The quantitative estimate of drug-likeness (QED) is 0.688. The number of amides is 1. The number of para-hydroxylation sites is 1. The number of nitrogens with one attached hydrogen (secondary N) is 1. The zero-order chi connectivity index (χ0) is 19.4. The summed E-state index contributed by atoms with van der Waals surface area (Å²) in [7, 11) is 0. The van der Waals surface area contributed by atoms with Crippen molar-refractivity contribution in [2.24, 2.45) is 0 Å². The smallest absolute Gasteiger partial charge is 0.267 e. The first-order valence-electron chi connectivity index (χ1n) is 8.17. The number of nitrogens with zero attached hydrogens (tertiary/aromatic N) is 2. The third-order valence-corrected chi connectivity index (χ3v) is 4.16. The molecule has 7 heteroatoms. The van der Waals surface area contributed by atoms with Crippen molar-refractivity contribution in [3.8, 4) is 0 Å². The van der Waals surface area contributed by atoms with Crippen molar-refractivity contribution in [1.82, 2.24) is 9.78 Å². The van der Waals surface area contributed by atoms with Gasteiger partial charge in [0.1, 0.15) is 0 Å². The summed E-state index contributed by atoms with van der Waals surface area (Å²) in [4.78, 5) is 36.6. The molecular formula is C20H16ClN3O3. The highest BCUT2D eigenvalue weighted by Gasteiger charge is 2.18. The lowest BCUT2D eigenvalue weighted by atomic mass is 9.98. The van der Waals surface area contributed by atoms with Crippen molar-refractivity contribution in [2.75, 3.05) is 5.32 Å². The summed E-state index contributed by atoms with van der Waals surface area (Å²) in [5.74, 6) is -0.577. The zero-order valence-corrected chi connectivity index (χ0v) is 15.2. The van der Waals surface area contributed by atoms with Gasteiger partial charge in [-0.1, -0.05) is 23.7 Å². The van der Waals surface area contributed by atoms with Crippen molar-refractivity contribution < 1.29 is 9.59 Å². The van der Waals surface area contributed by atoms with Crippen LogP contribution in [0, 0.1) is 0 Å². The Morgan fingerprint density at radius 1 is 1.07 bits per heavy atom. The summed E-state index contributed by atoms with van der Waals surface area (Å²) in [5, 5.41) is 7.27. The van der Waals surface area contributed by atoms with Crippen molar-refractivity contribution in [3.05, 3.63) is 92.9 Å². The van der Waals surface area contributed by atoms with E-state index < -0.39 is 0 Å². The van der Waals surface area contributed by atoms with Gasteiger partial charge in [-0.15, -0.1) is 0 Å². The summed E-state index contributed by atoms with van der Waals surface area (Å²) in [6.45, 7) is 1.48. The Morgan fingerprint density at radius 3 is 2.48 bits per heavy atom. The van der Waals surface area contributed by atoms with Crippen molar-refractivity contribution in [3.63, 3.8) is 0 Å². The fraction of sp³-hybridized carbons (Fsp3) is 0.100. The maximum Gasteiger partial charge on any atom is 0.267 e. The van der Waals surface area contributed by atoms with Gasteiger partial charge < -0.3 is 5.32 Å². The predicted octanol–water partition coefficient (Wildman–Crippen LogP) is 3.13. The van der Waals surface area contributed by atoms with Gasteiger partial charge >= 0.3 is 0 Å². The number of hydrogen-bond acceptors (Lipinski definition) is 4. The molecule has 0 aliphatic rings. The van der Waals surface area contributed by atoms with E-state index in [1.165, 1.54) is 23.9 Å². The third-order valence-electron chi connectivity index (χ3n) is 3.91. The summed E-state index contributed by atoms with van der Waals surface area (Å²) in [6.07, 6.45) is 1.50. The minimum atomic E-state index is -0.319. The molecule has 0 bridgehead atoms. The fourth-order valence-electron chi connectivity index (χ4n) is 2.67. The summed E-state index contributed by atoms with van der Waals surface area (Å²) >= 11 is 5.89. The first-order chi connectivity index (χ1) is 13.0. The Labute approximate surface area is 160 Å². The van der Waals surface area contributed by atoms with Gasteiger partial charge in [-0.05, 0) is 42.0 Å². The van der Waals surface area contributed by atoms with Crippen LogP contribution in [0.25, 0.3) is 0 Å². The largest absolute Gasteiger partial charge is 0.325 e. The molecule has 1 N–H and O–H groups in total. The van der Waals surface area contributed by atoms with Gasteiger partial charge in [-0.3, -0.25) is 14.4 Å². The molecule has 0 aliphatic heterocycles. The fourth-order valence-corrected chi connectivity index (χ4v) is 2.79. The van der Waals surface area contributed by atoms with Crippen LogP contribution in [0.1, 0.15) is 28.4 Å². The number of anilines is 1. The Hall–Kier alpha value is -3.25. The average molecular weight is 382 g/mol. The molecule has 0 unspecified atom stereocenters. The molecule has 27 heavy (non-hydrogen) atoms. The average Bonchev–Trinajstić information content (AvgIpc) is 2.64. The molecule has 0 fully saturated rings. The van der Waals surface area contributed by atoms with Gasteiger partial charge in [-0.2, -0.15) is 5.10 Å². The number of benzene rings is 2. The molecule has 0 spiro atoms. The molecule has 2 aromatic carbocycles. The minimum absolute atomic E-state index is 0.122. The van der Waals surface area contributed by atoms with E-state index in [1.54, 1.807) is 48.5 Å². The van der Waals surface area contributed by atoms with E-state index in [4.69, 9.17) is 11.6 Å². The number of carbonyl (C=O) groups is 2. The minimum Gasteiger partial charge on any atom is -0.325 e. The number of halogens is 1. The molecule has 0 aliphatic carbocycles. The number of rotatable bonds is 5. The summed E-state index contributed by atoms with van der Waals surface area (Å²) in [6, 6.07) is 14.5. The topological polar surface area (TPSA) is 81.1 Å². The van der Waals surface area contributed by atoms with Gasteiger partial charge in [0.05, 0.1) is 12.2 Å². The van der Waals surface area contributed by atoms with Crippen molar-refractivity contribution in [2.45, 2.75) is 13.5 Å². The third kappa shape index (κ3) is 4.30. The van der Waals surface area contributed by atoms with Crippen LogP contribution in [0.15, 0.2) is 65.6 Å². The van der Waals surface area contributed by atoms with Crippen molar-refractivity contribution in [1.29, 1.82) is 0 Å². The molecule has 6 nitrogen and oxygen atoms in total. The monoisotopic (exact) mass is 381 g/mol. The number of carbonyl (C=O) groups excluding carboxylic acids is 2. The van der Waals surface area contributed by atoms with Gasteiger partial charge in [0.25, 0.3) is 5.56 Å². The van der Waals surface area contributed by atoms with Gasteiger partial charge in [0.15, 0.2) is 5.78 Å². The van der Waals surface area contributed by atoms with Crippen LogP contribution >= 0.6 is 11.6 Å². The first-order valence-corrected chi connectivity index (χ1v) is 8.55. The second kappa shape index (κ2) is 7.97. The SMILES string of the molecule is CC(=O)Nc1c(Cn2ncccc2=O)cccc1C(=O)c1ccc(Cl)cc1. The van der Waals surface area contributed by atoms with Crippen LogP contribution in [-0.4, -0.2) is 21.5 Å². The molecular weight excluding hydrogens is 366 g/mol. The van der Waals surface area contributed by atoms with E-state index in [1.807, 2.05) is 0 Å². The van der Waals surface area contributed by atoms with Crippen LogP contribution in [0.4, 0.5) is 5.69 Å². The standard InChI is InChI=1S/C20H16ClN3O3/c1-13(25)23-19-15(12-24-18(26)6-3-11-22-24)4-2-5-17(19)20(27)14-7-9-16(21)10-8-14/h2-11H,12H2,1H3,(H,23,25). The molecule has 1 aromatic heterocycles.